The van der Waals surface area contributed by atoms with Crippen molar-refractivity contribution in [3.05, 3.63) is 107 Å². The fourth-order valence-electron chi connectivity index (χ4n) is 4.07. The molecule has 0 spiro atoms. The summed E-state index contributed by atoms with van der Waals surface area (Å²) >= 11 is 0. The molecular formula is C27H28N2O. The first kappa shape index (κ1) is 20.0. The second-order valence-corrected chi connectivity index (χ2v) is 7.82. The van der Waals surface area contributed by atoms with Gasteiger partial charge in [-0.25, -0.2) is 0 Å². The van der Waals surface area contributed by atoms with Gasteiger partial charge in [0.15, 0.2) is 0 Å². The first-order chi connectivity index (χ1) is 14.7. The summed E-state index contributed by atoms with van der Waals surface area (Å²) in [6.45, 7) is 5.70. The lowest BCUT2D eigenvalue weighted by molar-refractivity contribution is -0.121. The monoisotopic (exact) mass is 396 g/mol. The fourth-order valence-corrected chi connectivity index (χ4v) is 4.07. The molecule has 1 aromatic heterocycles. The third-order valence-corrected chi connectivity index (χ3v) is 5.74. The van der Waals surface area contributed by atoms with Gasteiger partial charge in [0.1, 0.15) is 0 Å². The summed E-state index contributed by atoms with van der Waals surface area (Å²) in [6.07, 6.45) is 2.65. The Morgan fingerprint density at radius 3 is 2.37 bits per heavy atom. The van der Waals surface area contributed by atoms with E-state index in [2.05, 4.69) is 78.5 Å². The van der Waals surface area contributed by atoms with E-state index in [0.29, 0.717) is 13.0 Å². The topological polar surface area (TPSA) is 34.0 Å². The van der Waals surface area contributed by atoms with Crippen LogP contribution >= 0.6 is 0 Å². The largest absolute Gasteiger partial charge is 0.352 e. The molecular weight excluding hydrogens is 368 g/mol. The zero-order valence-electron chi connectivity index (χ0n) is 17.6. The number of benzene rings is 3. The Bertz CT molecular complexity index is 1130. The van der Waals surface area contributed by atoms with Crippen LogP contribution in [0.25, 0.3) is 10.9 Å². The van der Waals surface area contributed by atoms with Crippen LogP contribution in [0.5, 0.6) is 0 Å². The summed E-state index contributed by atoms with van der Waals surface area (Å²) in [5.41, 5.74) is 5.94. The Labute approximate surface area is 178 Å². The molecule has 1 N–H and O–H groups in total. The van der Waals surface area contributed by atoms with Crippen LogP contribution in [0.3, 0.4) is 0 Å². The second kappa shape index (κ2) is 9.00. The first-order valence-corrected chi connectivity index (χ1v) is 10.6. The number of hydrogen-bond donors (Lipinski definition) is 1. The number of amides is 1. The quantitative estimate of drug-likeness (QED) is 0.420. The molecule has 4 rings (SSSR count). The minimum absolute atomic E-state index is 0.0130. The van der Waals surface area contributed by atoms with E-state index in [1.807, 2.05) is 30.3 Å². The van der Waals surface area contributed by atoms with Crippen LogP contribution in [0, 0.1) is 6.92 Å². The third kappa shape index (κ3) is 4.30. The van der Waals surface area contributed by atoms with Crippen molar-refractivity contribution in [2.75, 3.05) is 0 Å². The molecule has 0 saturated heterocycles. The lowest BCUT2D eigenvalue weighted by Crippen LogP contribution is -2.25. The number of carbonyl (C=O) groups excluding carboxylic acids is 1. The van der Waals surface area contributed by atoms with Crippen LogP contribution in [0.15, 0.2) is 85.1 Å². The van der Waals surface area contributed by atoms with Crippen molar-refractivity contribution in [3.8, 4) is 0 Å². The molecule has 0 saturated carbocycles. The Morgan fingerprint density at radius 1 is 0.933 bits per heavy atom. The van der Waals surface area contributed by atoms with E-state index in [1.54, 1.807) is 0 Å². The summed E-state index contributed by atoms with van der Waals surface area (Å²) in [6, 6.07) is 27.1. The number of aryl methyl sites for hydroxylation is 2. The molecule has 1 amide bonds. The van der Waals surface area contributed by atoms with Crippen LogP contribution in [0.4, 0.5) is 0 Å². The minimum Gasteiger partial charge on any atom is -0.352 e. The van der Waals surface area contributed by atoms with Crippen LogP contribution in [-0.4, -0.2) is 10.5 Å². The molecule has 0 bridgehead atoms. The molecule has 4 aromatic rings. The van der Waals surface area contributed by atoms with Gasteiger partial charge in [-0.15, -0.1) is 0 Å². The average Bonchev–Trinajstić information content (AvgIpc) is 3.16. The van der Waals surface area contributed by atoms with Crippen LogP contribution in [0.2, 0.25) is 0 Å². The van der Waals surface area contributed by atoms with E-state index in [4.69, 9.17) is 0 Å². The SMILES string of the molecule is CCn1cc(C(CC(=O)NCc2ccccc2)c2ccc(C)cc2)c2ccccc21. The zero-order valence-corrected chi connectivity index (χ0v) is 17.6. The van der Waals surface area contributed by atoms with Crippen molar-refractivity contribution >= 4 is 16.8 Å². The summed E-state index contributed by atoms with van der Waals surface area (Å²) in [5.74, 6) is 0.0804. The second-order valence-electron chi connectivity index (χ2n) is 7.82. The van der Waals surface area contributed by atoms with Crippen LogP contribution < -0.4 is 5.32 Å². The molecule has 30 heavy (non-hydrogen) atoms. The number of carbonyl (C=O) groups is 1. The highest BCUT2D eigenvalue weighted by molar-refractivity contribution is 5.86. The van der Waals surface area contributed by atoms with Gasteiger partial charge < -0.3 is 9.88 Å². The number of rotatable bonds is 7. The highest BCUT2D eigenvalue weighted by atomic mass is 16.1. The number of para-hydroxylation sites is 1. The number of hydrogen-bond acceptors (Lipinski definition) is 1. The molecule has 0 radical (unpaired) electrons. The van der Waals surface area contributed by atoms with Crippen molar-refractivity contribution < 1.29 is 4.79 Å². The molecule has 152 valence electrons. The van der Waals surface area contributed by atoms with Gasteiger partial charge in [0, 0.05) is 42.5 Å². The lowest BCUT2D eigenvalue weighted by Gasteiger charge is -2.18. The third-order valence-electron chi connectivity index (χ3n) is 5.74. The standard InChI is InChI=1S/C27H28N2O/c1-3-29-19-25(23-11-7-8-12-26(23)29)24(22-15-13-20(2)14-16-22)17-27(30)28-18-21-9-5-4-6-10-21/h4-16,19,24H,3,17-18H2,1-2H3,(H,28,30). The van der Waals surface area contributed by atoms with Gasteiger partial charge in [-0.2, -0.15) is 0 Å². The molecule has 0 aliphatic rings. The van der Waals surface area contributed by atoms with Crippen molar-refractivity contribution in [1.29, 1.82) is 0 Å². The number of nitrogens with one attached hydrogen (secondary N) is 1. The maximum absolute atomic E-state index is 12.9. The van der Waals surface area contributed by atoms with Gasteiger partial charge in [-0.05, 0) is 36.6 Å². The Balaban J connectivity index is 1.65. The van der Waals surface area contributed by atoms with E-state index in [0.717, 1.165) is 12.1 Å². The predicted molar refractivity (Wildman–Crippen MR) is 124 cm³/mol. The number of nitrogens with zero attached hydrogens (tertiary/aromatic N) is 1. The van der Waals surface area contributed by atoms with Crippen molar-refractivity contribution in [3.63, 3.8) is 0 Å². The van der Waals surface area contributed by atoms with Gasteiger partial charge in [-0.3, -0.25) is 4.79 Å². The fraction of sp³-hybridized carbons (Fsp3) is 0.222. The Kier molecular flexibility index (Phi) is 5.99. The lowest BCUT2D eigenvalue weighted by atomic mass is 9.87. The Hall–Kier alpha value is -3.33. The molecule has 0 aliphatic heterocycles. The van der Waals surface area contributed by atoms with Crippen molar-refractivity contribution in [1.82, 2.24) is 9.88 Å². The van der Waals surface area contributed by atoms with Gasteiger partial charge in [0.25, 0.3) is 0 Å². The molecule has 0 fully saturated rings. The Morgan fingerprint density at radius 2 is 1.63 bits per heavy atom. The molecule has 3 heteroatoms. The molecule has 1 unspecified atom stereocenters. The van der Waals surface area contributed by atoms with Crippen molar-refractivity contribution in [2.24, 2.45) is 0 Å². The molecule has 3 aromatic carbocycles. The predicted octanol–water partition coefficient (Wildman–Crippen LogP) is 5.81. The van der Waals surface area contributed by atoms with E-state index >= 15 is 0 Å². The highest BCUT2D eigenvalue weighted by Gasteiger charge is 2.22. The van der Waals surface area contributed by atoms with Crippen LogP contribution in [0.1, 0.15) is 41.5 Å². The van der Waals surface area contributed by atoms with E-state index in [9.17, 15) is 4.79 Å². The van der Waals surface area contributed by atoms with E-state index in [-0.39, 0.29) is 11.8 Å². The first-order valence-electron chi connectivity index (χ1n) is 10.6. The maximum Gasteiger partial charge on any atom is 0.221 e. The van der Waals surface area contributed by atoms with Crippen molar-refractivity contribution in [2.45, 2.75) is 39.3 Å². The highest BCUT2D eigenvalue weighted by Crippen LogP contribution is 2.35. The molecule has 3 nitrogen and oxygen atoms in total. The van der Waals surface area contributed by atoms with E-state index in [1.165, 1.54) is 27.6 Å². The maximum atomic E-state index is 12.9. The zero-order chi connectivity index (χ0) is 20.9. The average molecular weight is 397 g/mol. The van der Waals surface area contributed by atoms with Gasteiger partial charge >= 0.3 is 0 Å². The summed E-state index contributed by atoms with van der Waals surface area (Å²) < 4.78 is 2.27. The van der Waals surface area contributed by atoms with Crippen LogP contribution in [-0.2, 0) is 17.9 Å². The van der Waals surface area contributed by atoms with E-state index < -0.39 is 0 Å². The molecule has 1 heterocycles. The number of aromatic nitrogens is 1. The summed E-state index contributed by atoms with van der Waals surface area (Å²) in [4.78, 5) is 12.9. The number of fused-ring (bicyclic) bond motifs is 1. The smallest absolute Gasteiger partial charge is 0.221 e. The van der Waals surface area contributed by atoms with Gasteiger partial charge in [-0.1, -0.05) is 78.4 Å². The summed E-state index contributed by atoms with van der Waals surface area (Å²) in [7, 11) is 0. The molecule has 0 aliphatic carbocycles. The minimum atomic E-state index is 0.0130. The summed E-state index contributed by atoms with van der Waals surface area (Å²) in [5, 5.41) is 4.33. The normalized spacial score (nSPS) is 12.1. The van der Waals surface area contributed by atoms with Gasteiger partial charge in [0.2, 0.25) is 5.91 Å². The van der Waals surface area contributed by atoms with Gasteiger partial charge in [0.05, 0.1) is 0 Å². The molecule has 1 atom stereocenters.